The number of carboxylic acid groups (broad SMARTS) is 1. The Balaban J connectivity index is 0.000000251. The van der Waals surface area contributed by atoms with Gasteiger partial charge in [0.1, 0.15) is 17.2 Å². The molecule has 5 aromatic rings. The molecule has 0 unspecified atom stereocenters. The minimum Gasteiger partial charge on any atom is -0.478 e. The number of hydrogen-bond acceptors (Lipinski definition) is 7. The number of aromatic nitrogens is 2. The summed E-state index contributed by atoms with van der Waals surface area (Å²) < 4.78 is 103. The highest BCUT2D eigenvalue weighted by atomic mass is 79.9. The number of carboxylic acids is 1. The number of aryl methyl sites for hydroxylation is 2. The topological polar surface area (TPSA) is 132 Å². The summed E-state index contributed by atoms with van der Waals surface area (Å²) in [6.07, 6.45) is 2.07. The molecule has 2 aromatic heterocycles. The van der Waals surface area contributed by atoms with Gasteiger partial charge >= 0.3 is 11.9 Å². The maximum Gasteiger partial charge on any atom is 0.347 e. The number of pyridine rings is 2. The van der Waals surface area contributed by atoms with Gasteiger partial charge in [0.15, 0.2) is 0 Å². The molecule has 0 aliphatic heterocycles. The highest BCUT2D eigenvalue weighted by Gasteiger charge is 2.30. The zero-order valence-electron chi connectivity index (χ0n) is 25.6. The van der Waals surface area contributed by atoms with Crippen molar-refractivity contribution >= 4 is 66.5 Å². The molecule has 0 saturated carbocycles. The molecule has 0 bridgehead atoms. The number of hydrogen-bond donors (Lipinski definition) is 3. The van der Waals surface area contributed by atoms with Gasteiger partial charge in [0.05, 0.1) is 28.3 Å². The largest absolute Gasteiger partial charge is 0.478 e. The summed E-state index contributed by atoms with van der Waals surface area (Å²) in [7, 11) is 2.67. The zero-order chi connectivity index (χ0) is 37.9. The first kappa shape index (κ1) is 38.4. The molecule has 0 aliphatic carbocycles. The van der Waals surface area contributed by atoms with Crippen molar-refractivity contribution in [3.05, 3.63) is 142 Å². The number of rotatable bonds is 7. The highest BCUT2D eigenvalue weighted by molar-refractivity contribution is 9.10. The average Bonchev–Trinajstić information content (AvgIpc) is 3.06. The third kappa shape index (κ3) is 8.66. The minimum atomic E-state index is -2.43. The molecule has 51 heavy (non-hydrogen) atoms. The monoisotopic (exact) mass is 846 g/mol. The van der Waals surface area contributed by atoms with Crippen LogP contribution in [0.5, 0.6) is 5.75 Å². The van der Waals surface area contributed by atoms with Gasteiger partial charge in [0.25, 0.3) is 11.1 Å². The van der Waals surface area contributed by atoms with E-state index < -0.39 is 75.1 Å². The Hall–Kier alpha value is -5.43. The first-order valence-electron chi connectivity index (χ1n) is 13.7. The van der Waals surface area contributed by atoms with Gasteiger partial charge in [-0.1, -0.05) is 31.9 Å². The minimum absolute atomic E-state index is 0.0434. The van der Waals surface area contributed by atoms with E-state index in [0.717, 1.165) is 33.5 Å². The SMILES string of the molecule is Cn1cc(C(=O)O)c(Nc2ccc(Br)cc2F)cc1=O.Cn1cc(C(=O)Oc2c(F)c(F)c(F)c(F)c2F)c(Nc2ccc(Br)cc2F)cc1=O. The van der Waals surface area contributed by atoms with Gasteiger partial charge in [-0.2, -0.15) is 8.78 Å². The predicted octanol–water partition coefficient (Wildman–Crippen LogP) is 7.67. The quantitative estimate of drug-likeness (QED) is 0.0500. The number of aromatic carboxylic acids is 1. The Morgan fingerprint density at radius 2 is 1.02 bits per heavy atom. The molecule has 3 aromatic carbocycles. The number of nitrogens with zero attached hydrogens (tertiary/aromatic N) is 2. The molecular formula is C32H19Br2F7N4O6. The molecule has 0 spiro atoms. The Kier molecular flexibility index (Phi) is 11.8. The average molecular weight is 848 g/mol. The van der Waals surface area contributed by atoms with E-state index in [9.17, 15) is 49.9 Å². The molecular weight excluding hydrogens is 829 g/mol. The van der Waals surface area contributed by atoms with Crippen molar-refractivity contribution in [2.24, 2.45) is 14.1 Å². The predicted molar refractivity (Wildman–Crippen MR) is 176 cm³/mol. The smallest absolute Gasteiger partial charge is 0.347 e. The van der Waals surface area contributed by atoms with Crippen LogP contribution in [0, 0.1) is 40.7 Å². The second-order valence-electron chi connectivity index (χ2n) is 10.2. The molecule has 5 rings (SSSR count). The third-order valence-electron chi connectivity index (χ3n) is 6.67. The lowest BCUT2D eigenvalue weighted by molar-refractivity contribution is 0.0692. The zero-order valence-corrected chi connectivity index (χ0v) is 28.7. The van der Waals surface area contributed by atoms with E-state index in [1.807, 2.05) is 0 Å². The number of esters is 1. The molecule has 0 saturated heterocycles. The van der Waals surface area contributed by atoms with Gasteiger partial charge in [-0.25, -0.2) is 31.5 Å². The van der Waals surface area contributed by atoms with Crippen LogP contribution in [-0.2, 0) is 14.1 Å². The number of carbonyl (C=O) groups excluding carboxylic acids is 1. The lowest BCUT2D eigenvalue weighted by Crippen LogP contribution is -2.22. The Labute approximate surface area is 298 Å². The Morgan fingerprint density at radius 3 is 1.43 bits per heavy atom. The molecule has 0 fully saturated rings. The standard InChI is InChI=1S/C19H9BrF6N2O3.C13H10BrFN2O3/c1-28-6-8(11(5-12(28)29)27-10-3-2-7(20)4-9(10)21)19(30)31-18-16(25)14(23)13(22)15(24)17(18)26;1-17-6-8(13(19)20)11(5-12(17)18)16-10-3-2-7(14)4-9(10)15/h2-6,27H,1H3;2-6,16H,1H3,(H,19,20). The second kappa shape index (κ2) is 15.6. The van der Waals surface area contributed by atoms with Crippen molar-refractivity contribution in [1.82, 2.24) is 9.13 Å². The highest BCUT2D eigenvalue weighted by Crippen LogP contribution is 2.31. The maximum absolute atomic E-state index is 14.1. The summed E-state index contributed by atoms with van der Waals surface area (Å²) in [5.41, 5.74) is -2.10. The number of carbonyl (C=O) groups is 2. The molecule has 10 nitrogen and oxygen atoms in total. The normalized spacial score (nSPS) is 10.6. The second-order valence-corrected chi connectivity index (χ2v) is 12.0. The van der Waals surface area contributed by atoms with Crippen molar-refractivity contribution in [2.45, 2.75) is 0 Å². The van der Waals surface area contributed by atoms with Crippen molar-refractivity contribution in [3.8, 4) is 5.75 Å². The van der Waals surface area contributed by atoms with Crippen molar-refractivity contribution < 1.29 is 50.2 Å². The molecule has 2 heterocycles. The van der Waals surface area contributed by atoms with E-state index in [0.29, 0.717) is 8.95 Å². The summed E-state index contributed by atoms with van der Waals surface area (Å²) in [4.78, 5) is 47.2. The number of ether oxygens (including phenoxy) is 1. The number of anilines is 4. The molecule has 0 radical (unpaired) electrons. The van der Waals surface area contributed by atoms with Gasteiger partial charge < -0.3 is 29.6 Å². The van der Waals surface area contributed by atoms with Crippen LogP contribution in [0.3, 0.4) is 0 Å². The van der Waals surface area contributed by atoms with E-state index >= 15 is 0 Å². The molecule has 0 atom stereocenters. The van der Waals surface area contributed by atoms with Gasteiger partial charge in [0, 0.05) is 47.6 Å². The number of nitrogens with one attached hydrogen (secondary N) is 2. The first-order chi connectivity index (χ1) is 23.9. The maximum atomic E-state index is 14.1. The lowest BCUT2D eigenvalue weighted by atomic mass is 10.2. The van der Waals surface area contributed by atoms with Gasteiger partial charge in [-0.3, -0.25) is 9.59 Å². The van der Waals surface area contributed by atoms with Crippen LogP contribution in [0.25, 0.3) is 0 Å². The number of halogens is 9. The molecule has 3 N–H and O–H groups in total. The number of benzene rings is 3. The fourth-order valence-corrected chi connectivity index (χ4v) is 4.76. The summed E-state index contributed by atoms with van der Waals surface area (Å²) in [5, 5.41) is 14.2. The van der Waals surface area contributed by atoms with E-state index in [1.54, 1.807) is 6.07 Å². The van der Waals surface area contributed by atoms with Crippen molar-refractivity contribution in [2.75, 3.05) is 10.6 Å². The summed E-state index contributed by atoms with van der Waals surface area (Å²) in [6, 6.07) is 10.0. The van der Waals surface area contributed by atoms with Gasteiger partial charge in [0.2, 0.25) is 34.8 Å². The third-order valence-corrected chi connectivity index (χ3v) is 7.66. The van der Waals surface area contributed by atoms with Crippen LogP contribution in [0.2, 0.25) is 0 Å². The molecule has 266 valence electrons. The molecule has 0 aliphatic rings. The van der Waals surface area contributed by atoms with E-state index in [4.69, 9.17) is 5.11 Å². The lowest BCUT2D eigenvalue weighted by Gasteiger charge is -2.14. The van der Waals surface area contributed by atoms with E-state index in [1.165, 1.54) is 44.6 Å². The molecule has 19 heteroatoms. The van der Waals surface area contributed by atoms with Crippen LogP contribution < -0.4 is 26.5 Å². The van der Waals surface area contributed by atoms with E-state index in [2.05, 4.69) is 47.2 Å². The fraction of sp³-hybridized carbons (Fsp3) is 0.0625. The van der Waals surface area contributed by atoms with Crippen LogP contribution in [0.1, 0.15) is 20.7 Å². The summed E-state index contributed by atoms with van der Waals surface area (Å²) in [5.74, 6) is -17.7. The van der Waals surface area contributed by atoms with Crippen molar-refractivity contribution in [3.63, 3.8) is 0 Å². The Bertz CT molecular complexity index is 2310. The van der Waals surface area contributed by atoms with Crippen LogP contribution in [0.4, 0.5) is 53.5 Å². The van der Waals surface area contributed by atoms with E-state index in [-0.39, 0.29) is 28.3 Å². The van der Waals surface area contributed by atoms with Gasteiger partial charge in [-0.15, -0.1) is 0 Å². The van der Waals surface area contributed by atoms with Crippen LogP contribution in [-0.4, -0.2) is 26.2 Å². The van der Waals surface area contributed by atoms with Crippen LogP contribution >= 0.6 is 31.9 Å². The fourth-order valence-electron chi connectivity index (χ4n) is 4.09. The van der Waals surface area contributed by atoms with Crippen LogP contribution in [0.15, 0.2) is 79.5 Å². The summed E-state index contributed by atoms with van der Waals surface area (Å²) in [6.45, 7) is 0. The summed E-state index contributed by atoms with van der Waals surface area (Å²) >= 11 is 6.18. The first-order valence-corrected chi connectivity index (χ1v) is 15.3. The Morgan fingerprint density at radius 1 is 0.627 bits per heavy atom. The van der Waals surface area contributed by atoms with Gasteiger partial charge in [-0.05, 0) is 36.4 Å². The van der Waals surface area contributed by atoms with Crippen molar-refractivity contribution in [1.29, 1.82) is 0 Å². The molecule has 0 amide bonds.